The lowest BCUT2D eigenvalue weighted by atomic mass is 9.88. The van der Waals surface area contributed by atoms with Gasteiger partial charge in [-0.1, -0.05) is 29.8 Å². The second-order valence-corrected chi connectivity index (χ2v) is 7.12. The molecule has 162 valence electrons. The van der Waals surface area contributed by atoms with Gasteiger partial charge in [0.1, 0.15) is 5.75 Å². The number of benzene rings is 2. The van der Waals surface area contributed by atoms with Gasteiger partial charge in [-0.05, 0) is 55.2 Å². The summed E-state index contributed by atoms with van der Waals surface area (Å²) in [4.78, 5) is 2.39. The molecule has 0 amide bonds. The molecule has 3 nitrogen and oxygen atoms in total. The van der Waals surface area contributed by atoms with Crippen molar-refractivity contribution in [2.75, 3.05) is 26.2 Å². The number of rotatable bonds is 4. The van der Waals surface area contributed by atoms with Crippen molar-refractivity contribution in [1.82, 2.24) is 10.2 Å². The van der Waals surface area contributed by atoms with Gasteiger partial charge < -0.3 is 10.1 Å². The molecule has 8 heteroatoms. The number of nitrogens with zero attached hydrogens (tertiary/aromatic N) is 1. The van der Waals surface area contributed by atoms with Crippen LogP contribution in [0.4, 0.5) is 13.2 Å². The zero-order valence-electron chi connectivity index (χ0n) is 16.7. The summed E-state index contributed by atoms with van der Waals surface area (Å²) in [5, 5.41) is 3.36. The molecule has 2 aromatic rings. The highest BCUT2D eigenvalue weighted by Gasteiger charge is 2.31. The van der Waals surface area contributed by atoms with Gasteiger partial charge in [0.05, 0.1) is 6.04 Å². The second-order valence-electron chi connectivity index (χ2n) is 7.12. The van der Waals surface area contributed by atoms with Crippen molar-refractivity contribution in [2.24, 2.45) is 0 Å². The summed E-state index contributed by atoms with van der Waals surface area (Å²) in [6.45, 7) is 9.85. The fraction of sp³-hybridized carbons (Fsp3) is 0.429. The predicted molar refractivity (Wildman–Crippen MR) is 115 cm³/mol. The molecule has 3 rings (SSSR count). The average molecular weight is 451 g/mol. The van der Waals surface area contributed by atoms with Crippen molar-refractivity contribution in [1.29, 1.82) is 0 Å². The Morgan fingerprint density at radius 3 is 1.93 bits per heavy atom. The van der Waals surface area contributed by atoms with E-state index in [0.29, 0.717) is 0 Å². The van der Waals surface area contributed by atoms with E-state index in [1.807, 2.05) is 0 Å². The topological polar surface area (TPSA) is 24.5 Å². The molecule has 0 unspecified atom stereocenters. The normalized spacial score (nSPS) is 15.8. The predicted octanol–water partition coefficient (Wildman–Crippen LogP) is 5.35. The van der Waals surface area contributed by atoms with Crippen molar-refractivity contribution < 1.29 is 17.9 Å². The molecule has 0 bridgehead atoms. The van der Waals surface area contributed by atoms with Crippen LogP contribution >= 0.6 is 24.8 Å². The molecule has 0 saturated carbocycles. The highest BCUT2D eigenvalue weighted by Crippen LogP contribution is 2.35. The highest BCUT2D eigenvalue weighted by atomic mass is 35.5. The molecular formula is C21H27Cl2F3N2O. The van der Waals surface area contributed by atoms with Gasteiger partial charge in [0.2, 0.25) is 0 Å². The molecule has 2 aromatic carbocycles. The Hall–Kier alpha value is -1.47. The van der Waals surface area contributed by atoms with Gasteiger partial charge in [0.15, 0.2) is 0 Å². The quantitative estimate of drug-likeness (QED) is 0.679. The molecule has 1 atom stereocenters. The van der Waals surface area contributed by atoms with Gasteiger partial charge in [-0.25, -0.2) is 0 Å². The van der Waals surface area contributed by atoms with Crippen molar-refractivity contribution in [3.63, 3.8) is 0 Å². The van der Waals surface area contributed by atoms with Crippen LogP contribution in [0.5, 0.6) is 5.75 Å². The summed E-state index contributed by atoms with van der Waals surface area (Å²) in [6.07, 6.45) is -4.68. The summed E-state index contributed by atoms with van der Waals surface area (Å²) in [7, 11) is 0. The monoisotopic (exact) mass is 450 g/mol. The Morgan fingerprint density at radius 2 is 1.45 bits per heavy atom. The Kier molecular flexibility index (Phi) is 9.28. The van der Waals surface area contributed by atoms with E-state index in [9.17, 15) is 13.2 Å². The maximum Gasteiger partial charge on any atom is 0.573 e. The van der Waals surface area contributed by atoms with Crippen LogP contribution in [0, 0.1) is 20.8 Å². The first kappa shape index (κ1) is 25.6. The van der Waals surface area contributed by atoms with Gasteiger partial charge in [-0.3, -0.25) is 4.90 Å². The SMILES string of the molecule is Cc1cc(C)c([C@H](c2ccc(OC(F)(F)F)cc2)N2CCNCC2)c(C)c1.Cl.Cl. The van der Waals surface area contributed by atoms with Crippen LogP contribution in [0.3, 0.4) is 0 Å². The Bertz CT molecular complexity index is 768. The van der Waals surface area contributed by atoms with Crippen molar-refractivity contribution in [3.05, 3.63) is 64.2 Å². The summed E-state index contributed by atoms with van der Waals surface area (Å²) >= 11 is 0. The zero-order valence-corrected chi connectivity index (χ0v) is 18.3. The van der Waals surface area contributed by atoms with Crippen LogP contribution in [0.25, 0.3) is 0 Å². The van der Waals surface area contributed by atoms with Gasteiger partial charge in [-0.2, -0.15) is 0 Å². The van der Waals surface area contributed by atoms with Gasteiger partial charge in [-0.15, -0.1) is 38.0 Å². The molecule has 29 heavy (non-hydrogen) atoms. The number of ether oxygens (including phenoxy) is 1. The van der Waals surface area contributed by atoms with E-state index < -0.39 is 6.36 Å². The number of halogens is 5. The van der Waals surface area contributed by atoms with E-state index in [4.69, 9.17) is 0 Å². The lowest BCUT2D eigenvalue weighted by Crippen LogP contribution is -2.45. The zero-order chi connectivity index (χ0) is 19.6. The fourth-order valence-electron chi connectivity index (χ4n) is 3.97. The van der Waals surface area contributed by atoms with Crippen LogP contribution < -0.4 is 10.1 Å². The minimum Gasteiger partial charge on any atom is -0.406 e. The number of piperazine rings is 1. The van der Waals surface area contributed by atoms with Crippen molar-refractivity contribution >= 4 is 24.8 Å². The first-order chi connectivity index (χ1) is 12.7. The van der Waals surface area contributed by atoms with Crippen LogP contribution in [-0.2, 0) is 0 Å². The smallest absolute Gasteiger partial charge is 0.406 e. The molecule has 1 saturated heterocycles. The van der Waals surface area contributed by atoms with E-state index in [1.54, 1.807) is 12.1 Å². The van der Waals surface area contributed by atoms with E-state index in [0.717, 1.165) is 31.7 Å². The van der Waals surface area contributed by atoms with E-state index >= 15 is 0 Å². The van der Waals surface area contributed by atoms with Gasteiger partial charge in [0, 0.05) is 26.2 Å². The molecule has 0 aromatic heterocycles. The third-order valence-corrected chi connectivity index (χ3v) is 4.96. The molecule has 1 heterocycles. The number of hydrogen-bond acceptors (Lipinski definition) is 3. The minimum atomic E-state index is -4.68. The fourth-order valence-corrected chi connectivity index (χ4v) is 3.97. The molecule has 1 aliphatic heterocycles. The Balaban J connectivity index is 0.00000210. The van der Waals surface area contributed by atoms with Gasteiger partial charge >= 0.3 is 6.36 Å². The molecule has 0 radical (unpaired) electrons. The maximum atomic E-state index is 12.5. The van der Waals surface area contributed by atoms with Gasteiger partial charge in [0.25, 0.3) is 0 Å². The average Bonchev–Trinajstić information content (AvgIpc) is 2.58. The summed E-state index contributed by atoms with van der Waals surface area (Å²) in [5.41, 5.74) is 5.81. The van der Waals surface area contributed by atoms with Crippen molar-refractivity contribution in [2.45, 2.75) is 33.2 Å². The first-order valence-electron chi connectivity index (χ1n) is 9.13. The number of aryl methyl sites for hydroxylation is 3. The van der Waals surface area contributed by atoms with Crippen LogP contribution in [0.2, 0.25) is 0 Å². The number of nitrogens with one attached hydrogen (secondary N) is 1. The lowest BCUT2D eigenvalue weighted by Gasteiger charge is -2.37. The van der Waals surface area contributed by atoms with E-state index in [2.05, 4.69) is 47.9 Å². The summed E-state index contributed by atoms with van der Waals surface area (Å²) in [6, 6.07) is 10.6. The standard InChI is InChI=1S/C21H25F3N2O.2ClH/c1-14-12-15(2)19(16(3)13-14)20(26-10-8-25-9-11-26)17-4-6-18(7-5-17)27-21(22,23)24;;/h4-7,12-13,20,25H,8-11H2,1-3H3;2*1H/t20-;;/m0../s1. The number of alkyl halides is 3. The second kappa shape index (κ2) is 10.5. The highest BCUT2D eigenvalue weighted by molar-refractivity contribution is 5.85. The van der Waals surface area contributed by atoms with E-state index in [-0.39, 0.29) is 36.6 Å². The maximum absolute atomic E-state index is 12.5. The van der Waals surface area contributed by atoms with Crippen LogP contribution in [0.1, 0.15) is 33.9 Å². The van der Waals surface area contributed by atoms with Crippen LogP contribution in [0.15, 0.2) is 36.4 Å². The minimum absolute atomic E-state index is 0. The van der Waals surface area contributed by atoms with Crippen LogP contribution in [-0.4, -0.2) is 37.4 Å². The molecular weight excluding hydrogens is 424 g/mol. The third kappa shape index (κ3) is 6.51. The van der Waals surface area contributed by atoms with E-state index in [1.165, 1.54) is 34.4 Å². The third-order valence-electron chi connectivity index (χ3n) is 4.96. The molecule has 1 fully saturated rings. The first-order valence-corrected chi connectivity index (χ1v) is 9.13. The van der Waals surface area contributed by atoms with Crippen molar-refractivity contribution in [3.8, 4) is 5.75 Å². The Morgan fingerprint density at radius 1 is 0.931 bits per heavy atom. The number of hydrogen-bond donors (Lipinski definition) is 1. The molecule has 1 aliphatic rings. The summed E-state index contributed by atoms with van der Waals surface area (Å²) < 4.78 is 41.4. The molecule has 0 spiro atoms. The molecule has 1 N–H and O–H groups in total. The lowest BCUT2D eigenvalue weighted by molar-refractivity contribution is -0.274. The largest absolute Gasteiger partial charge is 0.573 e. The molecule has 0 aliphatic carbocycles. The summed E-state index contributed by atoms with van der Waals surface area (Å²) in [5.74, 6) is -0.192. The Labute approximate surface area is 182 Å².